The summed E-state index contributed by atoms with van der Waals surface area (Å²) in [6, 6.07) is 0.144. The van der Waals surface area contributed by atoms with Crippen LogP contribution in [0.5, 0.6) is 6.01 Å². The third-order valence-electron chi connectivity index (χ3n) is 1.70. The van der Waals surface area contributed by atoms with Gasteiger partial charge in [-0.1, -0.05) is 0 Å². The Balaban J connectivity index is 2.91. The Labute approximate surface area is 104 Å². The van der Waals surface area contributed by atoms with Crippen LogP contribution in [0, 0.1) is 0 Å². The summed E-state index contributed by atoms with van der Waals surface area (Å²) in [5.74, 6) is 0. The van der Waals surface area contributed by atoms with Crippen LogP contribution in [0.2, 0.25) is 5.28 Å². The molecule has 6 nitrogen and oxygen atoms in total. The maximum Gasteiger partial charge on any atom is 0.382 e. The van der Waals surface area contributed by atoms with Gasteiger partial charge in [-0.3, -0.25) is 0 Å². The second kappa shape index (κ2) is 5.42. The van der Waals surface area contributed by atoms with Crippen LogP contribution >= 0.6 is 18.3 Å². The van der Waals surface area contributed by atoms with Crippen LogP contribution in [-0.4, -0.2) is 29.0 Å². The minimum atomic E-state index is -2.80. The lowest BCUT2D eigenvalue weighted by Crippen LogP contribution is -2.03. The zero-order chi connectivity index (χ0) is 12.3. The van der Waals surface area contributed by atoms with E-state index in [0.717, 1.165) is 0 Å². The molecule has 0 aromatic carbocycles. The highest BCUT2D eigenvalue weighted by Crippen LogP contribution is 2.47. The fourth-order valence-corrected chi connectivity index (χ4v) is 1.98. The third-order valence-corrected chi connectivity index (χ3v) is 4.36. The van der Waals surface area contributed by atoms with Gasteiger partial charge in [-0.15, -0.1) is 5.10 Å². The molecule has 1 aromatic heterocycles. The molecule has 0 aliphatic rings. The van der Waals surface area contributed by atoms with E-state index in [9.17, 15) is 0 Å². The molecule has 16 heavy (non-hydrogen) atoms. The molecule has 0 N–H and O–H groups in total. The topological polar surface area (TPSA) is 58.4 Å². The molecule has 1 rings (SSSR count). The summed E-state index contributed by atoms with van der Waals surface area (Å²) >= 11 is 10.9. The van der Waals surface area contributed by atoms with Crippen LogP contribution in [-0.2, 0) is 20.9 Å². The maximum atomic E-state index is 5.86. The molecule has 9 heteroatoms. The first-order valence-electron chi connectivity index (χ1n) is 4.45. The van der Waals surface area contributed by atoms with Gasteiger partial charge in [-0.2, -0.15) is 4.98 Å². The van der Waals surface area contributed by atoms with Gasteiger partial charge in [0.1, 0.15) is 0 Å². The predicted octanol–water partition coefficient (Wildman–Crippen LogP) is 2.41. The minimum Gasteiger partial charge on any atom is -0.388 e. The molecule has 92 valence electrons. The smallest absolute Gasteiger partial charge is 0.382 e. The molecule has 0 aliphatic heterocycles. The van der Waals surface area contributed by atoms with E-state index >= 15 is 0 Å². The summed E-state index contributed by atoms with van der Waals surface area (Å²) in [6.07, 6.45) is 0. The van der Waals surface area contributed by atoms with Crippen LogP contribution in [0.25, 0.3) is 0 Å². The first kappa shape index (κ1) is 13.9. The summed E-state index contributed by atoms with van der Waals surface area (Å²) in [5, 5.41) is 4.28. The number of halogens is 1. The predicted molar refractivity (Wildman–Crippen MR) is 64.3 cm³/mol. The molecule has 1 aromatic rings. The molecule has 1 heterocycles. The minimum absolute atomic E-state index is 0.0609. The van der Waals surface area contributed by atoms with Gasteiger partial charge in [0.15, 0.2) is 0 Å². The van der Waals surface area contributed by atoms with Crippen LogP contribution < -0.4 is 4.52 Å². The van der Waals surface area contributed by atoms with Gasteiger partial charge >= 0.3 is 12.7 Å². The highest BCUT2D eigenvalue weighted by Gasteiger charge is 2.22. The average molecular weight is 286 g/mol. The van der Waals surface area contributed by atoms with Crippen molar-refractivity contribution in [3.05, 3.63) is 5.28 Å². The Morgan fingerprint density at radius 3 is 2.31 bits per heavy atom. The van der Waals surface area contributed by atoms with Crippen LogP contribution in [0.4, 0.5) is 0 Å². The van der Waals surface area contributed by atoms with Crippen molar-refractivity contribution in [3.63, 3.8) is 0 Å². The summed E-state index contributed by atoms with van der Waals surface area (Å²) in [4.78, 5) is 3.91. The molecule has 0 spiro atoms. The lowest BCUT2D eigenvalue weighted by atomic mass is 10.4. The first-order valence-corrected chi connectivity index (χ1v) is 7.38. The molecular formula is C7H13ClN3O3PS. The normalized spacial score (nSPS) is 12.1. The largest absolute Gasteiger partial charge is 0.388 e. The maximum absolute atomic E-state index is 5.86. The Morgan fingerprint density at radius 1 is 1.38 bits per heavy atom. The zero-order valence-corrected chi connectivity index (χ0v) is 11.8. The van der Waals surface area contributed by atoms with Crippen molar-refractivity contribution in [3.8, 4) is 6.01 Å². The molecule has 0 aliphatic carbocycles. The van der Waals surface area contributed by atoms with Crippen molar-refractivity contribution >= 4 is 30.1 Å². The molecule has 0 saturated carbocycles. The summed E-state index contributed by atoms with van der Waals surface area (Å²) in [6.45, 7) is 1.04. The molecule has 0 atom stereocenters. The van der Waals surface area contributed by atoms with E-state index in [4.69, 9.17) is 37.0 Å². The molecule has 0 amide bonds. The van der Waals surface area contributed by atoms with Gasteiger partial charge in [0.2, 0.25) is 5.28 Å². The van der Waals surface area contributed by atoms with Gasteiger partial charge in [-0.05, 0) is 25.4 Å². The van der Waals surface area contributed by atoms with Crippen molar-refractivity contribution in [1.82, 2.24) is 14.8 Å². The highest BCUT2D eigenvalue weighted by atomic mass is 35.5. The van der Waals surface area contributed by atoms with Crippen molar-refractivity contribution in [2.45, 2.75) is 19.9 Å². The zero-order valence-electron chi connectivity index (χ0n) is 9.38. The average Bonchev–Trinajstić information content (AvgIpc) is 2.59. The van der Waals surface area contributed by atoms with Gasteiger partial charge in [0.25, 0.3) is 0 Å². The Bertz CT molecular complexity index is 404. The van der Waals surface area contributed by atoms with Gasteiger partial charge in [0, 0.05) is 32.1 Å². The number of aromatic nitrogens is 3. The van der Waals surface area contributed by atoms with E-state index in [1.54, 1.807) is 0 Å². The molecule has 0 unspecified atom stereocenters. The number of rotatable bonds is 5. The van der Waals surface area contributed by atoms with Crippen LogP contribution in [0.1, 0.15) is 19.9 Å². The van der Waals surface area contributed by atoms with E-state index in [1.807, 2.05) is 13.8 Å². The third kappa shape index (κ3) is 3.15. The van der Waals surface area contributed by atoms with Gasteiger partial charge in [-0.25, -0.2) is 4.68 Å². The Hall–Kier alpha value is -0.200. The first-order chi connectivity index (χ1) is 7.41. The van der Waals surface area contributed by atoms with Gasteiger partial charge in [0.05, 0.1) is 0 Å². The number of hydrogen-bond acceptors (Lipinski definition) is 6. The molecule has 0 radical (unpaired) electrons. The lowest BCUT2D eigenvalue weighted by molar-refractivity contribution is 0.266. The Morgan fingerprint density at radius 2 is 1.94 bits per heavy atom. The van der Waals surface area contributed by atoms with Crippen molar-refractivity contribution in [2.24, 2.45) is 0 Å². The molecule has 0 fully saturated rings. The van der Waals surface area contributed by atoms with Crippen molar-refractivity contribution in [1.29, 1.82) is 0 Å². The number of nitrogens with zero attached hydrogens (tertiary/aromatic N) is 3. The fraction of sp³-hybridized carbons (Fsp3) is 0.714. The van der Waals surface area contributed by atoms with E-state index in [2.05, 4.69) is 10.1 Å². The Kier molecular flexibility index (Phi) is 4.70. The van der Waals surface area contributed by atoms with E-state index < -0.39 is 6.72 Å². The summed E-state index contributed by atoms with van der Waals surface area (Å²) in [5.41, 5.74) is 0. The molecular weight excluding hydrogens is 273 g/mol. The van der Waals surface area contributed by atoms with Crippen molar-refractivity contribution < 1.29 is 13.6 Å². The van der Waals surface area contributed by atoms with E-state index in [0.29, 0.717) is 0 Å². The van der Waals surface area contributed by atoms with Gasteiger partial charge < -0.3 is 13.6 Å². The van der Waals surface area contributed by atoms with E-state index in [1.165, 1.54) is 18.9 Å². The second-order valence-corrected chi connectivity index (χ2v) is 6.59. The summed E-state index contributed by atoms with van der Waals surface area (Å²) < 4.78 is 16.7. The SMILES string of the molecule is COP(=S)(OC)Oc1nc(Cl)n(C(C)C)n1. The second-order valence-electron chi connectivity index (χ2n) is 3.11. The molecule has 0 bridgehead atoms. The standard InChI is InChI=1S/C7H13ClN3O3PS/c1-5(2)11-6(8)9-7(10-11)14-15(16,12-3)13-4/h5H,1-4H3. The lowest BCUT2D eigenvalue weighted by Gasteiger charge is -2.15. The van der Waals surface area contributed by atoms with Crippen molar-refractivity contribution in [2.75, 3.05) is 14.2 Å². The van der Waals surface area contributed by atoms with E-state index in [-0.39, 0.29) is 17.3 Å². The fourth-order valence-electron chi connectivity index (χ4n) is 0.902. The quantitative estimate of drug-likeness (QED) is 0.774. The van der Waals surface area contributed by atoms with Crippen LogP contribution in [0.3, 0.4) is 0 Å². The highest BCUT2D eigenvalue weighted by molar-refractivity contribution is 8.07. The summed E-state index contributed by atoms with van der Waals surface area (Å²) in [7, 11) is 2.82. The van der Waals surface area contributed by atoms with Crippen LogP contribution in [0.15, 0.2) is 0 Å². The monoisotopic (exact) mass is 285 g/mol. The number of hydrogen-bond donors (Lipinski definition) is 0. The molecule has 0 saturated heterocycles.